The van der Waals surface area contributed by atoms with E-state index in [9.17, 15) is 13.2 Å². The second-order valence-electron chi connectivity index (χ2n) is 8.12. The monoisotopic (exact) mass is 429 g/mol. The van der Waals surface area contributed by atoms with Gasteiger partial charge in [-0.3, -0.25) is 4.79 Å². The molecule has 1 fully saturated rings. The third-order valence-electron chi connectivity index (χ3n) is 4.86. The number of hydrogen-bond acceptors (Lipinski definition) is 5. The lowest BCUT2D eigenvalue weighted by atomic mass is 9.87. The van der Waals surface area contributed by atoms with Crippen LogP contribution in [0.3, 0.4) is 0 Å². The minimum Gasteiger partial charge on any atom is -0.379 e. The summed E-state index contributed by atoms with van der Waals surface area (Å²) in [5.74, 6) is -0.475. The lowest BCUT2D eigenvalue weighted by Crippen LogP contribution is -2.40. The molecule has 2 aromatic rings. The zero-order valence-corrected chi connectivity index (χ0v) is 18.3. The fourth-order valence-electron chi connectivity index (χ4n) is 3.03. The van der Waals surface area contributed by atoms with Crippen LogP contribution in [0.25, 0.3) is 0 Å². The van der Waals surface area contributed by atoms with E-state index in [0.29, 0.717) is 26.3 Å². The van der Waals surface area contributed by atoms with Crippen LogP contribution in [-0.2, 0) is 20.2 Å². The Labute approximate surface area is 177 Å². The van der Waals surface area contributed by atoms with Gasteiger partial charge in [0.1, 0.15) is 0 Å². The number of hydrogen-bond donors (Lipinski definition) is 1. The van der Waals surface area contributed by atoms with Crippen LogP contribution < -0.4 is 5.43 Å². The lowest BCUT2D eigenvalue weighted by Gasteiger charge is -2.26. The molecular weight excluding hydrogens is 402 g/mol. The first-order chi connectivity index (χ1) is 14.2. The summed E-state index contributed by atoms with van der Waals surface area (Å²) in [6, 6.07) is 13.9. The summed E-state index contributed by atoms with van der Waals surface area (Å²) in [6.45, 7) is 7.76. The van der Waals surface area contributed by atoms with E-state index in [1.807, 2.05) is 24.3 Å². The van der Waals surface area contributed by atoms with Crippen molar-refractivity contribution >= 4 is 22.1 Å². The van der Waals surface area contributed by atoms with Crippen molar-refractivity contribution < 1.29 is 17.9 Å². The van der Waals surface area contributed by atoms with E-state index in [4.69, 9.17) is 4.74 Å². The summed E-state index contributed by atoms with van der Waals surface area (Å²) in [5.41, 5.74) is 4.81. The molecule has 0 radical (unpaired) electrons. The Morgan fingerprint density at radius 1 is 1.10 bits per heavy atom. The molecule has 1 saturated heterocycles. The number of rotatable bonds is 5. The standard InChI is InChI=1S/C22H27N3O4S/c1-22(2,3)19-9-7-17(8-10-19)16-23-24-21(26)18-5-4-6-20(15-18)30(27,28)25-11-13-29-14-12-25/h4-10,15-16H,11-14H2,1-3H3,(H,24,26)/b23-16+. The molecule has 8 heteroatoms. The molecule has 1 aliphatic heterocycles. The number of hydrazone groups is 1. The SMILES string of the molecule is CC(C)(C)c1ccc(/C=N/NC(=O)c2cccc(S(=O)(=O)N3CCOCC3)c2)cc1. The molecule has 7 nitrogen and oxygen atoms in total. The number of morpholine rings is 1. The van der Waals surface area contributed by atoms with Gasteiger partial charge in [-0.2, -0.15) is 9.41 Å². The molecule has 3 rings (SSSR count). The van der Waals surface area contributed by atoms with Crippen molar-refractivity contribution in [2.75, 3.05) is 26.3 Å². The molecule has 1 heterocycles. The van der Waals surface area contributed by atoms with E-state index in [2.05, 4.69) is 31.3 Å². The predicted molar refractivity (Wildman–Crippen MR) is 116 cm³/mol. The van der Waals surface area contributed by atoms with Crippen molar-refractivity contribution in [3.8, 4) is 0 Å². The van der Waals surface area contributed by atoms with Crippen LogP contribution in [0.5, 0.6) is 0 Å². The van der Waals surface area contributed by atoms with Gasteiger partial charge < -0.3 is 4.74 Å². The quantitative estimate of drug-likeness (QED) is 0.585. The maximum absolute atomic E-state index is 12.8. The molecule has 0 aliphatic carbocycles. The number of nitrogens with zero attached hydrogens (tertiary/aromatic N) is 2. The van der Waals surface area contributed by atoms with Gasteiger partial charge >= 0.3 is 0 Å². The summed E-state index contributed by atoms with van der Waals surface area (Å²) < 4.78 is 32.1. The van der Waals surface area contributed by atoms with Crippen LogP contribution in [0.4, 0.5) is 0 Å². The van der Waals surface area contributed by atoms with Gasteiger partial charge in [0, 0.05) is 18.7 Å². The zero-order valence-electron chi connectivity index (χ0n) is 17.5. The first kappa shape index (κ1) is 22.1. The Morgan fingerprint density at radius 3 is 2.40 bits per heavy atom. The Morgan fingerprint density at radius 2 is 1.77 bits per heavy atom. The number of benzene rings is 2. The molecule has 0 bridgehead atoms. The Bertz CT molecular complexity index is 1020. The minimum absolute atomic E-state index is 0.0659. The van der Waals surface area contributed by atoms with Crippen molar-refractivity contribution in [1.82, 2.24) is 9.73 Å². The van der Waals surface area contributed by atoms with Gasteiger partial charge in [0.05, 0.1) is 24.3 Å². The summed E-state index contributed by atoms with van der Waals surface area (Å²) in [5, 5.41) is 3.99. The normalized spacial score (nSPS) is 16.0. The van der Waals surface area contributed by atoms with Crippen LogP contribution in [-0.4, -0.2) is 51.1 Å². The van der Waals surface area contributed by atoms with E-state index >= 15 is 0 Å². The van der Waals surface area contributed by atoms with Crippen LogP contribution in [0.2, 0.25) is 0 Å². The van der Waals surface area contributed by atoms with Gasteiger partial charge in [0.15, 0.2) is 0 Å². The van der Waals surface area contributed by atoms with Crippen molar-refractivity contribution in [3.05, 3.63) is 65.2 Å². The van der Waals surface area contributed by atoms with Crippen molar-refractivity contribution in [2.24, 2.45) is 5.10 Å². The number of ether oxygens (including phenoxy) is 1. The first-order valence-electron chi connectivity index (χ1n) is 9.80. The van der Waals surface area contributed by atoms with E-state index in [0.717, 1.165) is 5.56 Å². The first-order valence-corrected chi connectivity index (χ1v) is 11.2. The number of nitrogens with one attached hydrogen (secondary N) is 1. The Kier molecular flexibility index (Phi) is 6.70. The minimum atomic E-state index is -3.66. The van der Waals surface area contributed by atoms with Crippen LogP contribution in [0, 0.1) is 0 Å². The maximum atomic E-state index is 12.8. The average molecular weight is 430 g/mol. The second-order valence-corrected chi connectivity index (χ2v) is 10.1. The number of carbonyl (C=O) groups excluding carboxylic acids is 1. The van der Waals surface area contributed by atoms with E-state index in [1.54, 1.807) is 18.3 Å². The molecule has 0 spiro atoms. The van der Waals surface area contributed by atoms with Gasteiger partial charge in [-0.05, 0) is 34.7 Å². The highest BCUT2D eigenvalue weighted by Crippen LogP contribution is 2.22. The van der Waals surface area contributed by atoms with Crippen LogP contribution >= 0.6 is 0 Å². The molecule has 1 amide bonds. The molecule has 0 saturated carbocycles. The van der Waals surface area contributed by atoms with Gasteiger partial charge in [-0.1, -0.05) is 51.1 Å². The molecular formula is C22H27N3O4S. The lowest BCUT2D eigenvalue weighted by molar-refractivity contribution is 0.0730. The fourth-order valence-corrected chi connectivity index (χ4v) is 4.49. The summed E-state index contributed by atoms with van der Waals surface area (Å²) in [6.07, 6.45) is 1.55. The maximum Gasteiger partial charge on any atom is 0.271 e. The molecule has 160 valence electrons. The average Bonchev–Trinajstić information content (AvgIpc) is 2.74. The molecule has 2 aromatic carbocycles. The highest BCUT2D eigenvalue weighted by Gasteiger charge is 2.26. The number of carbonyl (C=O) groups is 1. The zero-order chi connectivity index (χ0) is 21.8. The summed E-state index contributed by atoms with van der Waals surface area (Å²) in [4.78, 5) is 12.5. The second kappa shape index (κ2) is 9.07. The molecule has 30 heavy (non-hydrogen) atoms. The van der Waals surface area contributed by atoms with Crippen LogP contribution in [0.15, 0.2) is 58.5 Å². The smallest absolute Gasteiger partial charge is 0.271 e. The molecule has 0 unspecified atom stereocenters. The van der Waals surface area contributed by atoms with E-state index in [1.165, 1.54) is 22.0 Å². The van der Waals surface area contributed by atoms with Crippen molar-refractivity contribution in [3.63, 3.8) is 0 Å². The van der Waals surface area contributed by atoms with Crippen LogP contribution in [0.1, 0.15) is 42.3 Å². The highest BCUT2D eigenvalue weighted by molar-refractivity contribution is 7.89. The summed E-state index contributed by atoms with van der Waals surface area (Å²) >= 11 is 0. The van der Waals surface area contributed by atoms with Crippen molar-refractivity contribution in [2.45, 2.75) is 31.1 Å². The number of sulfonamides is 1. The predicted octanol–water partition coefficient (Wildman–Crippen LogP) is 2.77. The van der Waals surface area contributed by atoms with Gasteiger partial charge in [-0.15, -0.1) is 0 Å². The molecule has 0 aromatic heterocycles. The van der Waals surface area contributed by atoms with E-state index in [-0.39, 0.29) is 15.9 Å². The third-order valence-corrected chi connectivity index (χ3v) is 6.76. The highest BCUT2D eigenvalue weighted by atomic mass is 32.2. The molecule has 0 atom stereocenters. The third kappa shape index (κ3) is 5.33. The van der Waals surface area contributed by atoms with E-state index < -0.39 is 15.9 Å². The van der Waals surface area contributed by atoms with Gasteiger partial charge in [0.25, 0.3) is 5.91 Å². The van der Waals surface area contributed by atoms with Gasteiger partial charge in [-0.25, -0.2) is 13.8 Å². The largest absolute Gasteiger partial charge is 0.379 e. The molecule has 1 N–H and O–H groups in total. The van der Waals surface area contributed by atoms with Crippen molar-refractivity contribution in [1.29, 1.82) is 0 Å². The Hall–Kier alpha value is -2.55. The van der Waals surface area contributed by atoms with Gasteiger partial charge in [0.2, 0.25) is 10.0 Å². The molecule has 1 aliphatic rings. The fraction of sp³-hybridized carbons (Fsp3) is 0.364. The topological polar surface area (TPSA) is 88.1 Å². The summed E-state index contributed by atoms with van der Waals surface area (Å²) in [7, 11) is -3.66. The Balaban J connectivity index is 1.67. The number of amides is 1.